The molecule has 1 unspecified atom stereocenters. The minimum atomic E-state index is -0.569. The lowest BCUT2D eigenvalue weighted by Gasteiger charge is -2.40. The van der Waals surface area contributed by atoms with Crippen molar-refractivity contribution in [2.45, 2.75) is 91.4 Å². The zero-order chi connectivity index (χ0) is 25.0. The van der Waals surface area contributed by atoms with Crippen molar-refractivity contribution in [1.82, 2.24) is 0 Å². The monoisotopic (exact) mass is 481 g/mol. The Morgan fingerprint density at radius 3 is 2.15 bits per heavy atom. The SMILES string of the molecule is CC.CC1=CCC(C)CC1.COC(=O)c1sc(C)cc1N(C=O)C1CCC(OC)(OC)CC1. The van der Waals surface area contributed by atoms with Crippen LogP contribution in [0.4, 0.5) is 5.69 Å². The van der Waals surface area contributed by atoms with Crippen LogP contribution in [0.1, 0.15) is 87.2 Å². The Hall–Kier alpha value is -1.70. The third kappa shape index (κ3) is 8.23. The first-order valence-corrected chi connectivity index (χ1v) is 12.8. The number of aryl methyl sites for hydroxylation is 1. The van der Waals surface area contributed by atoms with Gasteiger partial charge in [-0.2, -0.15) is 0 Å². The number of rotatable bonds is 6. The Balaban J connectivity index is 0.000000454. The molecule has 0 radical (unpaired) electrons. The van der Waals surface area contributed by atoms with Gasteiger partial charge in [0, 0.05) is 38.0 Å². The second-order valence-corrected chi connectivity index (χ2v) is 9.81. The van der Waals surface area contributed by atoms with Gasteiger partial charge >= 0.3 is 5.97 Å². The summed E-state index contributed by atoms with van der Waals surface area (Å²) in [5.41, 5.74) is 2.21. The van der Waals surface area contributed by atoms with Crippen LogP contribution in [0.2, 0.25) is 0 Å². The molecule has 1 atom stereocenters. The van der Waals surface area contributed by atoms with Crippen LogP contribution in [0, 0.1) is 12.8 Å². The van der Waals surface area contributed by atoms with Crippen molar-refractivity contribution in [1.29, 1.82) is 0 Å². The van der Waals surface area contributed by atoms with Crippen LogP contribution in [-0.4, -0.2) is 45.5 Å². The predicted molar refractivity (Wildman–Crippen MR) is 136 cm³/mol. The number of carbonyl (C=O) groups is 2. The lowest BCUT2D eigenvalue weighted by atomic mass is 9.89. The fourth-order valence-corrected chi connectivity index (χ4v) is 5.11. The summed E-state index contributed by atoms with van der Waals surface area (Å²) < 4.78 is 15.8. The van der Waals surface area contributed by atoms with Gasteiger partial charge in [0.1, 0.15) is 4.88 Å². The number of methoxy groups -OCH3 is 3. The molecule has 0 saturated heterocycles. The fraction of sp³-hybridized carbons (Fsp3) is 0.692. The molecule has 33 heavy (non-hydrogen) atoms. The Labute approximate surface area is 204 Å². The van der Waals surface area contributed by atoms with Crippen LogP contribution in [0.5, 0.6) is 0 Å². The van der Waals surface area contributed by atoms with E-state index >= 15 is 0 Å². The summed E-state index contributed by atoms with van der Waals surface area (Å²) in [4.78, 5) is 26.7. The van der Waals surface area contributed by atoms with Crippen molar-refractivity contribution in [3.63, 3.8) is 0 Å². The molecular formula is C26H43NO5S. The number of ether oxygens (including phenoxy) is 3. The van der Waals surface area contributed by atoms with Crippen LogP contribution in [0.25, 0.3) is 0 Å². The Kier molecular flexibility index (Phi) is 12.9. The molecule has 0 N–H and O–H groups in total. The average molecular weight is 482 g/mol. The van der Waals surface area contributed by atoms with E-state index in [0.717, 1.165) is 30.0 Å². The maximum Gasteiger partial charge on any atom is 0.350 e. The molecule has 2 aliphatic carbocycles. The number of amides is 1. The molecule has 1 fully saturated rings. The lowest BCUT2D eigenvalue weighted by molar-refractivity contribution is -0.224. The minimum absolute atomic E-state index is 0.0170. The van der Waals surface area contributed by atoms with Crippen molar-refractivity contribution in [3.8, 4) is 0 Å². The van der Waals surface area contributed by atoms with E-state index in [-0.39, 0.29) is 6.04 Å². The molecule has 1 aromatic heterocycles. The van der Waals surface area contributed by atoms with Gasteiger partial charge in [-0.25, -0.2) is 4.79 Å². The number of allylic oxidation sites excluding steroid dienone is 2. The van der Waals surface area contributed by atoms with Crippen LogP contribution < -0.4 is 4.90 Å². The molecule has 1 heterocycles. The van der Waals surface area contributed by atoms with Gasteiger partial charge in [-0.15, -0.1) is 11.3 Å². The molecular weight excluding hydrogens is 438 g/mol. The fourth-order valence-electron chi connectivity index (χ4n) is 4.18. The number of carbonyl (C=O) groups excluding carboxylic acids is 2. The number of esters is 1. The second kappa shape index (κ2) is 14.5. The zero-order valence-electron chi connectivity index (χ0n) is 21.7. The van der Waals surface area contributed by atoms with Gasteiger partial charge in [-0.05, 0) is 57.9 Å². The molecule has 1 aromatic rings. The maximum atomic E-state index is 12.0. The van der Waals surface area contributed by atoms with Gasteiger partial charge in [0.15, 0.2) is 5.79 Å². The number of anilines is 1. The predicted octanol–water partition coefficient (Wildman–Crippen LogP) is 6.52. The molecule has 6 nitrogen and oxygen atoms in total. The number of thiophene rings is 1. The zero-order valence-corrected chi connectivity index (χ0v) is 22.5. The molecule has 3 rings (SSSR count). The molecule has 1 amide bonds. The summed E-state index contributed by atoms with van der Waals surface area (Å²) in [6.07, 6.45) is 10.1. The smallest absolute Gasteiger partial charge is 0.350 e. The van der Waals surface area contributed by atoms with Crippen LogP contribution in [0.3, 0.4) is 0 Å². The van der Waals surface area contributed by atoms with E-state index in [0.29, 0.717) is 23.4 Å². The molecule has 0 spiro atoms. The van der Waals surface area contributed by atoms with E-state index in [1.54, 1.807) is 24.7 Å². The molecule has 2 aliphatic rings. The van der Waals surface area contributed by atoms with Crippen molar-refractivity contribution < 1.29 is 23.8 Å². The van der Waals surface area contributed by atoms with Gasteiger partial charge in [0.2, 0.25) is 6.41 Å². The van der Waals surface area contributed by atoms with Crippen molar-refractivity contribution >= 4 is 29.4 Å². The Bertz CT molecular complexity index is 759. The van der Waals surface area contributed by atoms with Gasteiger partial charge in [0.25, 0.3) is 0 Å². The molecule has 0 aliphatic heterocycles. The number of hydrogen-bond donors (Lipinski definition) is 0. The molecule has 0 bridgehead atoms. The largest absolute Gasteiger partial charge is 0.465 e. The topological polar surface area (TPSA) is 65.1 Å². The van der Waals surface area contributed by atoms with Crippen LogP contribution in [0.15, 0.2) is 17.7 Å². The van der Waals surface area contributed by atoms with Crippen molar-refractivity contribution in [2.75, 3.05) is 26.2 Å². The minimum Gasteiger partial charge on any atom is -0.465 e. The van der Waals surface area contributed by atoms with Crippen LogP contribution >= 0.6 is 11.3 Å². The van der Waals surface area contributed by atoms with Gasteiger partial charge in [-0.3, -0.25) is 4.79 Å². The van der Waals surface area contributed by atoms with E-state index in [9.17, 15) is 9.59 Å². The van der Waals surface area contributed by atoms with Gasteiger partial charge in [0.05, 0.1) is 12.8 Å². The summed E-state index contributed by atoms with van der Waals surface area (Å²) in [5.74, 6) is -0.0385. The summed E-state index contributed by atoms with van der Waals surface area (Å²) in [6, 6.07) is 1.88. The molecule has 188 valence electrons. The maximum absolute atomic E-state index is 12.0. The third-order valence-corrected chi connectivity index (χ3v) is 7.37. The first kappa shape index (κ1) is 29.3. The van der Waals surface area contributed by atoms with E-state index in [4.69, 9.17) is 14.2 Å². The quantitative estimate of drug-likeness (QED) is 0.200. The number of hydrogen-bond acceptors (Lipinski definition) is 6. The highest BCUT2D eigenvalue weighted by molar-refractivity contribution is 7.14. The van der Waals surface area contributed by atoms with Crippen molar-refractivity contribution in [2.24, 2.45) is 5.92 Å². The number of nitrogens with zero attached hydrogens (tertiary/aromatic N) is 1. The summed E-state index contributed by atoms with van der Waals surface area (Å²) in [6.45, 7) is 10.5. The summed E-state index contributed by atoms with van der Waals surface area (Å²) >= 11 is 1.34. The molecule has 7 heteroatoms. The van der Waals surface area contributed by atoms with Crippen LogP contribution in [-0.2, 0) is 19.0 Å². The third-order valence-electron chi connectivity index (χ3n) is 6.35. The van der Waals surface area contributed by atoms with Gasteiger partial charge < -0.3 is 19.1 Å². The lowest BCUT2D eigenvalue weighted by Crippen LogP contribution is -2.45. The normalized spacial score (nSPS) is 19.8. The first-order chi connectivity index (χ1) is 15.8. The molecule has 1 saturated carbocycles. The van der Waals surface area contributed by atoms with Crippen molar-refractivity contribution in [3.05, 3.63) is 27.5 Å². The van der Waals surface area contributed by atoms with E-state index in [2.05, 4.69) is 19.9 Å². The molecule has 0 aromatic carbocycles. The van der Waals surface area contributed by atoms with E-state index in [1.165, 1.54) is 37.7 Å². The highest BCUT2D eigenvalue weighted by atomic mass is 32.1. The highest BCUT2D eigenvalue weighted by Crippen LogP contribution is 2.38. The first-order valence-electron chi connectivity index (χ1n) is 12.0. The van der Waals surface area contributed by atoms with E-state index in [1.807, 2.05) is 26.8 Å². The Morgan fingerprint density at radius 2 is 1.73 bits per heavy atom. The van der Waals surface area contributed by atoms with E-state index < -0.39 is 11.8 Å². The highest BCUT2D eigenvalue weighted by Gasteiger charge is 2.38. The Morgan fingerprint density at radius 1 is 1.12 bits per heavy atom. The standard InChI is InChI=1S/C16H23NO5S.C8H14.C2H6/c1-11-9-13(14(23-11)15(19)20-2)17(10-18)12-5-7-16(21-3,22-4)8-6-12;1-7-3-5-8(2)6-4-7;1-2/h9-10,12H,5-8H2,1-4H3;3,8H,4-6H2,1-2H3;1-2H3. The average Bonchev–Trinajstić information content (AvgIpc) is 3.24. The summed E-state index contributed by atoms with van der Waals surface area (Å²) in [5, 5.41) is 0. The van der Waals surface area contributed by atoms with Gasteiger partial charge in [-0.1, -0.05) is 32.4 Å². The summed E-state index contributed by atoms with van der Waals surface area (Å²) in [7, 11) is 4.62. The second-order valence-electron chi connectivity index (χ2n) is 8.56.